The predicted molar refractivity (Wildman–Crippen MR) is 104 cm³/mol. The molecule has 0 saturated carbocycles. The van der Waals surface area contributed by atoms with Gasteiger partial charge < -0.3 is 9.88 Å². The van der Waals surface area contributed by atoms with Crippen molar-refractivity contribution in [1.82, 2.24) is 19.6 Å². The summed E-state index contributed by atoms with van der Waals surface area (Å²) >= 11 is 0. The number of rotatable bonds is 5. The van der Waals surface area contributed by atoms with Gasteiger partial charge in [-0.25, -0.2) is 13.5 Å². The first-order valence-electron chi connectivity index (χ1n) is 8.90. The van der Waals surface area contributed by atoms with Crippen LogP contribution in [0.15, 0.2) is 67.0 Å². The van der Waals surface area contributed by atoms with Crippen molar-refractivity contribution in [3.8, 4) is 5.82 Å². The Balaban J connectivity index is 1.68. The van der Waals surface area contributed by atoms with Gasteiger partial charge in [-0.3, -0.25) is 4.79 Å². The Labute approximate surface area is 165 Å². The maximum atomic E-state index is 13.8. The first kappa shape index (κ1) is 18.5. The quantitative estimate of drug-likeness (QED) is 0.558. The molecule has 6 nitrogen and oxygen atoms in total. The highest BCUT2D eigenvalue weighted by Crippen LogP contribution is 2.18. The van der Waals surface area contributed by atoms with Crippen LogP contribution in [0.1, 0.15) is 21.6 Å². The van der Waals surface area contributed by atoms with Crippen molar-refractivity contribution in [2.24, 2.45) is 0 Å². The summed E-state index contributed by atoms with van der Waals surface area (Å²) in [5.41, 5.74) is 1.54. The molecule has 0 radical (unpaired) electrons. The third kappa shape index (κ3) is 3.91. The summed E-state index contributed by atoms with van der Waals surface area (Å²) in [4.78, 5) is 12.8. The molecule has 0 spiro atoms. The Bertz CT molecular complexity index is 1170. The summed E-state index contributed by atoms with van der Waals surface area (Å²) in [6.07, 6.45) is 3.51. The van der Waals surface area contributed by atoms with Crippen LogP contribution in [0.2, 0.25) is 0 Å². The lowest BCUT2D eigenvalue weighted by Gasteiger charge is -2.10. The van der Waals surface area contributed by atoms with Crippen molar-refractivity contribution < 1.29 is 13.6 Å². The van der Waals surface area contributed by atoms with Gasteiger partial charge in [0.05, 0.1) is 6.54 Å². The Hall–Kier alpha value is -3.81. The average molecular weight is 393 g/mol. The molecular weight excluding hydrogens is 376 g/mol. The maximum absolute atomic E-state index is 13.8. The van der Waals surface area contributed by atoms with Crippen LogP contribution in [0.5, 0.6) is 0 Å². The fraction of sp³-hybridized carbons (Fsp3) is 0.0952. The molecule has 1 amide bonds. The Morgan fingerprint density at radius 2 is 1.86 bits per heavy atom. The molecule has 8 heteroatoms. The fourth-order valence-electron chi connectivity index (χ4n) is 2.96. The Morgan fingerprint density at radius 1 is 1.07 bits per heavy atom. The largest absolute Gasteiger partial charge is 0.320 e. The Morgan fingerprint density at radius 3 is 2.59 bits per heavy atom. The Kier molecular flexibility index (Phi) is 4.90. The van der Waals surface area contributed by atoms with Crippen LogP contribution >= 0.6 is 0 Å². The van der Waals surface area contributed by atoms with Crippen LogP contribution in [0, 0.1) is 18.6 Å². The van der Waals surface area contributed by atoms with Gasteiger partial charge in [-0.1, -0.05) is 23.4 Å². The fourth-order valence-corrected chi connectivity index (χ4v) is 2.96. The molecule has 0 aliphatic heterocycles. The lowest BCUT2D eigenvalue weighted by atomic mass is 10.2. The third-order valence-corrected chi connectivity index (χ3v) is 4.42. The van der Waals surface area contributed by atoms with Gasteiger partial charge in [-0.2, -0.15) is 0 Å². The molecule has 0 aliphatic rings. The lowest BCUT2D eigenvalue weighted by molar-refractivity contribution is 0.102. The van der Waals surface area contributed by atoms with E-state index in [1.54, 1.807) is 60.3 Å². The molecule has 4 rings (SSSR count). The number of carbonyl (C=O) groups is 1. The molecule has 0 atom stereocenters. The lowest BCUT2D eigenvalue weighted by Crippen LogP contribution is -2.17. The minimum atomic E-state index is -0.526. The number of hydrogen-bond donors (Lipinski definition) is 1. The zero-order chi connectivity index (χ0) is 20.4. The van der Waals surface area contributed by atoms with E-state index in [1.807, 2.05) is 0 Å². The minimum Gasteiger partial charge on any atom is -0.320 e. The van der Waals surface area contributed by atoms with E-state index in [-0.39, 0.29) is 18.1 Å². The second-order valence-electron chi connectivity index (χ2n) is 6.56. The zero-order valence-corrected chi connectivity index (χ0v) is 15.5. The number of aromatic nitrogens is 4. The number of nitrogens with zero attached hydrogens (tertiary/aromatic N) is 4. The van der Waals surface area contributed by atoms with Gasteiger partial charge in [0, 0.05) is 18.1 Å². The summed E-state index contributed by atoms with van der Waals surface area (Å²) in [7, 11) is 0. The molecule has 0 fully saturated rings. The normalized spacial score (nSPS) is 10.9. The number of carbonyl (C=O) groups excluding carboxylic acids is 1. The standard InChI is InChI=1S/C21H17F2N5O/c1-14-7-8-17(12-18(14)23)24-20(29)19-21(27-9-2-3-10-27)28(26-25-19)13-15-5-4-6-16(22)11-15/h2-12H,13H2,1H3,(H,24,29). The van der Waals surface area contributed by atoms with Crippen molar-refractivity contribution in [1.29, 1.82) is 0 Å². The number of benzene rings is 2. The zero-order valence-electron chi connectivity index (χ0n) is 15.5. The van der Waals surface area contributed by atoms with Gasteiger partial charge in [-0.05, 0) is 54.4 Å². The van der Waals surface area contributed by atoms with Gasteiger partial charge in [0.2, 0.25) is 0 Å². The summed E-state index contributed by atoms with van der Waals surface area (Å²) in [5.74, 6) is -0.875. The van der Waals surface area contributed by atoms with Crippen LogP contribution in [-0.4, -0.2) is 25.5 Å². The maximum Gasteiger partial charge on any atom is 0.280 e. The summed E-state index contributed by atoms with van der Waals surface area (Å²) in [5, 5.41) is 10.7. The van der Waals surface area contributed by atoms with E-state index in [9.17, 15) is 13.6 Å². The van der Waals surface area contributed by atoms with Crippen LogP contribution in [0.3, 0.4) is 0 Å². The smallest absolute Gasteiger partial charge is 0.280 e. The molecule has 29 heavy (non-hydrogen) atoms. The van der Waals surface area contributed by atoms with Crippen molar-refractivity contribution in [2.45, 2.75) is 13.5 Å². The van der Waals surface area contributed by atoms with E-state index >= 15 is 0 Å². The number of aryl methyl sites for hydroxylation is 1. The number of nitrogens with one attached hydrogen (secondary N) is 1. The molecule has 0 aliphatic carbocycles. The topological polar surface area (TPSA) is 64.7 Å². The van der Waals surface area contributed by atoms with E-state index in [2.05, 4.69) is 15.6 Å². The SMILES string of the molecule is Cc1ccc(NC(=O)c2nnn(Cc3cccc(F)c3)c2-n2cccc2)cc1F. The van der Waals surface area contributed by atoms with Gasteiger partial charge in [-0.15, -0.1) is 5.10 Å². The van der Waals surface area contributed by atoms with Crippen molar-refractivity contribution in [3.05, 3.63) is 95.4 Å². The molecule has 0 saturated heterocycles. The molecule has 1 N–H and O–H groups in total. The van der Waals surface area contributed by atoms with Crippen LogP contribution in [0.4, 0.5) is 14.5 Å². The molecule has 4 aromatic rings. The molecular formula is C21H17F2N5O. The van der Waals surface area contributed by atoms with Crippen LogP contribution < -0.4 is 5.32 Å². The highest BCUT2D eigenvalue weighted by molar-refractivity contribution is 6.04. The predicted octanol–water partition coefficient (Wildman–Crippen LogP) is 3.96. The van der Waals surface area contributed by atoms with Gasteiger partial charge >= 0.3 is 0 Å². The highest BCUT2D eigenvalue weighted by Gasteiger charge is 2.21. The van der Waals surface area contributed by atoms with E-state index in [1.165, 1.54) is 22.9 Å². The van der Waals surface area contributed by atoms with Crippen molar-refractivity contribution >= 4 is 11.6 Å². The average Bonchev–Trinajstić information content (AvgIpc) is 3.34. The van der Waals surface area contributed by atoms with Crippen molar-refractivity contribution in [3.63, 3.8) is 0 Å². The molecule has 0 bridgehead atoms. The van der Waals surface area contributed by atoms with E-state index in [0.717, 1.165) is 0 Å². The summed E-state index contributed by atoms with van der Waals surface area (Å²) < 4.78 is 30.5. The third-order valence-electron chi connectivity index (χ3n) is 4.42. The first-order valence-corrected chi connectivity index (χ1v) is 8.90. The molecule has 2 aromatic heterocycles. The van der Waals surface area contributed by atoms with E-state index in [4.69, 9.17) is 0 Å². The monoisotopic (exact) mass is 393 g/mol. The highest BCUT2D eigenvalue weighted by atomic mass is 19.1. The number of hydrogen-bond acceptors (Lipinski definition) is 3. The summed E-state index contributed by atoms with van der Waals surface area (Å²) in [6, 6.07) is 14.2. The van der Waals surface area contributed by atoms with Crippen LogP contribution in [-0.2, 0) is 6.54 Å². The first-order chi connectivity index (χ1) is 14.0. The number of halogens is 2. The number of anilines is 1. The van der Waals surface area contributed by atoms with E-state index in [0.29, 0.717) is 22.6 Å². The molecule has 2 aromatic carbocycles. The van der Waals surface area contributed by atoms with Crippen molar-refractivity contribution in [2.75, 3.05) is 5.32 Å². The van der Waals surface area contributed by atoms with Gasteiger partial charge in [0.15, 0.2) is 11.5 Å². The summed E-state index contributed by atoms with van der Waals surface area (Å²) in [6.45, 7) is 1.87. The molecule has 2 heterocycles. The van der Waals surface area contributed by atoms with Gasteiger partial charge in [0.25, 0.3) is 5.91 Å². The van der Waals surface area contributed by atoms with Crippen LogP contribution in [0.25, 0.3) is 5.82 Å². The van der Waals surface area contributed by atoms with E-state index < -0.39 is 11.7 Å². The molecule has 146 valence electrons. The van der Waals surface area contributed by atoms with Gasteiger partial charge in [0.1, 0.15) is 11.6 Å². The second kappa shape index (κ2) is 7.67. The minimum absolute atomic E-state index is 0.0681. The molecule has 0 unspecified atom stereocenters. The second-order valence-corrected chi connectivity index (χ2v) is 6.56. The number of amides is 1.